The summed E-state index contributed by atoms with van der Waals surface area (Å²) in [4.78, 5) is 24.9. The number of hydrogen-bond donors (Lipinski definition) is 1. The van der Waals surface area contributed by atoms with Gasteiger partial charge in [-0.1, -0.05) is 6.07 Å². The van der Waals surface area contributed by atoms with E-state index >= 15 is 0 Å². The van der Waals surface area contributed by atoms with Gasteiger partial charge in [-0.25, -0.2) is 17.9 Å². The van der Waals surface area contributed by atoms with Gasteiger partial charge in [0.2, 0.25) is 15.7 Å². The maximum atomic E-state index is 12.6. The first-order valence-corrected chi connectivity index (χ1v) is 10.5. The van der Waals surface area contributed by atoms with E-state index in [0.29, 0.717) is 5.69 Å². The number of sulfone groups is 1. The summed E-state index contributed by atoms with van der Waals surface area (Å²) < 4.78 is 25.9. The molecule has 1 amide bonds. The van der Waals surface area contributed by atoms with E-state index in [9.17, 15) is 18.0 Å². The van der Waals surface area contributed by atoms with Crippen molar-refractivity contribution in [2.75, 3.05) is 5.32 Å². The van der Waals surface area contributed by atoms with Gasteiger partial charge in [-0.05, 0) is 70.0 Å². The second kappa shape index (κ2) is 7.11. The van der Waals surface area contributed by atoms with Gasteiger partial charge in [0, 0.05) is 5.69 Å². The molecular weight excluding hydrogens is 394 g/mol. The van der Waals surface area contributed by atoms with Gasteiger partial charge in [-0.3, -0.25) is 4.79 Å². The topological polar surface area (TPSA) is 115 Å². The third kappa shape index (κ3) is 3.93. The van der Waals surface area contributed by atoms with Crippen molar-refractivity contribution in [3.05, 3.63) is 51.9 Å². The Morgan fingerprint density at radius 3 is 2.38 bits per heavy atom. The summed E-state index contributed by atoms with van der Waals surface area (Å²) in [6.45, 7) is 8.24. The van der Waals surface area contributed by atoms with Crippen molar-refractivity contribution in [3.63, 3.8) is 0 Å². The molecule has 0 aliphatic heterocycles. The summed E-state index contributed by atoms with van der Waals surface area (Å²) in [6.07, 6.45) is 0. The smallest absolute Gasteiger partial charge is 0.324 e. The first-order valence-electron chi connectivity index (χ1n) is 8.99. The maximum absolute atomic E-state index is 12.6. The minimum absolute atomic E-state index is 0.154. The fourth-order valence-electron chi connectivity index (χ4n) is 2.61. The van der Waals surface area contributed by atoms with Crippen LogP contribution in [0, 0.1) is 13.8 Å². The van der Waals surface area contributed by atoms with Gasteiger partial charge >= 0.3 is 5.69 Å². The van der Waals surface area contributed by atoms with E-state index in [-0.39, 0.29) is 17.2 Å². The van der Waals surface area contributed by atoms with Gasteiger partial charge in [0.15, 0.2) is 10.7 Å². The van der Waals surface area contributed by atoms with Crippen LogP contribution in [0.3, 0.4) is 0 Å². The minimum Gasteiger partial charge on any atom is -0.324 e. The highest BCUT2D eigenvalue weighted by molar-refractivity contribution is 7.92. The van der Waals surface area contributed by atoms with Gasteiger partial charge in [0.25, 0.3) is 0 Å². The van der Waals surface area contributed by atoms with Gasteiger partial charge < -0.3 is 5.32 Å². The van der Waals surface area contributed by atoms with Gasteiger partial charge in [0.1, 0.15) is 6.54 Å². The van der Waals surface area contributed by atoms with E-state index in [0.717, 1.165) is 20.3 Å². The van der Waals surface area contributed by atoms with Crippen molar-refractivity contribution in [2.45, 2.75) is 50.9 Å². The van der Waals surface area contributed by atoms with Crippen LogP contribution in [0.15, 0.2) is 40.2 Å². The van der Waals surface area contributed by atoms with Crippen molar-refractivity contribution >= 4 is 27.1 Å². The highest BCUT2D eigenvalue weighted by atomic mass is 32.2. The van der Waals surface area contributed by atoms with Crippen LogP contribution in [0.1, 0.15) is 31.9 Å². The molecule has 3 aromatic rings. The van der Waals surface area contributed by atoms with E-state index in [2.05, 4.69) is 15.5 Å². The molecule has 29 heavy (non-hydrogen) atoms. The second-order valence-corrected chi connectivity index (χ2v) is 10.5. The Morgan fingerprint density at radius 2 is 1.76 bits per heavy atom. The molecule has 0 aliphatic carbocycles. The Morgan fingerprint density at radius 1 is 1.07 bits per heavy atom. The van der Waals surface area contributed by atoms with Crippen molar-refractivity contribution in [1.29, 1.82) is 0 Å². The molecule has 0 saturated carbocycles. The van der Waals surface area contributed by atoms with Crippen LogP contribution in [0.5, 0.6) is 0 Å². The summed E-state index contributed by atoms with van der Waals surface area (Å²) in [5, 5.41) is 10.5. The normalized spacial score (nSPS) is 12.3. The van der Waals surface area contributed by atoms with Crippen LogP contribution in [0.4, 0.5) is 5.69 Å². The molecule has 0 bridgehead atoms. The molecule has 0 fully saturated rings. The van der Waals surface area contributed by atoms with E-state index in [1.807, 2.05) is 26.0 Å². The Labute approximate surface area is 168 Å². The molecule has 0 spiro atoms. The van der Waals surface area contributed by atoms with Crippen LogP contribution in [0.25, 0.3) is 5.65 Å². The largest absolute Gasteiger partial charge is 0.367 e. The molecule has 0 saturated heterocycles. The quantitative estimate of drug-likeness (QED) is 0.691. The first-order chi connectivity index (χ1) is 13.4. The Bertz CT molecular complexity index is 1270. The van der Waals surface area contributed by atoms with E-state index in [4.69, 9.17) is 0 Å². The summed E-state index contributed by atoms with van der Waals surface area (Å²) in [7, 11) is -3.73. The number of amides is 1. The molecule has 0 radical (unpaired) electrons. The molecule has 9 nitrogen and oxygen atoms in total. The number of rotatable bonds is 4. The number of nitrogens with one attached hydrogen (secondary N) is 1. The van der Waals surface area contributed by atoms with Crippen LogP contribution in [-0.4, -0.2) is 38.5 Å². The molecule has 3 rings (SSSR count). The number of anilines is 1. The zero-order valence-electron chi connectivity index (χ0n) is 16.9. The molecule has 154 valence electrons. The molecule has 0 aliphatic rings. The SMILES string of the molecule is Cc1ccc(NC(=O)Cn2nc3ccc(S(=O)(=O)C(C)(C)C)nn3c2=O)cc1C. The van der Waals surface area contributed by atoms with Gasteiger partial charge in [-0.2, -0.15) is 4.52 Å². The lowest BCUT2D eigenvalue weighted by atomic mass is 10.1. The van der Waals surface area contributed by atoms with Crippen molar-refractivity contribution < 1.29 is 13.2 Å². The number of benzene rings is 1. The minimum atomic E-state index is -3.73. The molecule has 0 atom stereocenters. The number of aryl methyl sites for hydroxylation is 2. The Kier molecular flexibility index (Phi) is 5.08. The summed E-state index contributed by atoms with van der Waals surface area (Å²) in [5.74, 6) is -0.429. The summed E-state index contributed by atoms with van der Waals surface area (Å²) in [6, 6.07) is 8.21. The fraction of sp³-hybridized carbons (Fsp3) is 0.368. The van der Waals surface area contributed by atoms with Crippen molar-refractivity contribution in [3.8, 4) is 0 Å². The molecular formula is C19H23N5O4S. The Hall–Kier alpha value is -3.01. The van der Waals surface area contributed by atoms with Crippen molar-refractivity contribution in [2.24, 2.45) is 0 Å². The lowest BCUT2D eigenvalue weighted by Crippen LogP contribution is -2.31. The summed E-state index contributed by atoms with van der Waals surface area (Å²) >= 11 is 0. The fourth-order valence-corrected chi connectivity index (χ4v) is 3.67. The number of carbonyl (C=O) groups excluding carboxylic acids is 1. The van der Waals surface area contributed by atoms with Crippen LogP contribution >= 0.6 is 0 Å². The highest BCUT2D eigenvalue weighted by Crippen LogP contribution is 2.22. The lowest BCUT2D eigenvalue weighted by molar-refractivity contribution is -0.117. The lowest BCUT2D eigenvalue weighted by Gasteiger charge is -2.17. The zero-order valence-corrected chi connectivity index (χ0v) is 17.7. The third-order valence-electron chi connectivity index (χ3n) is 4.58. The van der Waals surface area contributed by atoms with Gasteiger partial charge in [0.05, 0.1) is 4.75 Å². The molecule has 2 aromatic heterocycles. The molecule has 2 heterocycles. The predicted molar refractivity (Wildman–Crippen MR) is 109 cm³/mol. The monoisotopic (exact) mass is 417 g/mol. The third-order valence-corrected chi connectivity index (χ3v) is 6.96. The number of carbonyl (C=O) groups is 1. The number of fused-ring (bicyclic) bond motifs is 1. The molecule has 1 aromatic carbocycles. The van der Waals surface area contributed by atoms with Crippen LogP contribution < -0.4 is 11.0 Å². The molecule has 1 N–H and O–H groups in total. The van der Waals surface area contributed by atoms with E-state index < -0.39 is 26.2 Å². The second-order valence-electron chi connectivity index (χ2n) is 7.84. The highest BCUT2D eigenvalue weighted by Gasteiger charge is 2.32. The number of nitrogens with zero attached hydrogens (tertiary/aromatic N) is 4. The van der Waals surface area contributed by atoms with Crippen LogP contribution in [-0.2, 0) is 21.2 Å². The molecule has 0 unspecified atom stereocenters. The van der Waals surface area contributed by atoms with Gasteiger partial charge in [-0.15, -0.1) is 10.2 Å². The standard InChI is InChI=1S/C19H23N5O4S/c1-12-6-7-14(10-13(12)2)20-16(25)11-23-18(26)24-15(21-23)8-9-17(22-24)29(27,28)19(3,4)5/h6-10H,11H2,1-5H3,(H,20,25). The summed E-state index contributed by atoms with van der Waals surface area (Å²) in [5.41, 5.74) is 2.21. The predicted octanol–water partition coefficient (Wildman–Crippen LogP) is 1.72. The van der Waals surface area contributed by atoms with Crippen molar-refractivity contribution in [1.82, 2.24) is 19.4 Å². The Balaban J connectivity index is 1.89. The average Bonchev–Trinajstić information content (AvgIpc) is 2.92. The maximum Gasteiger partial charge on any atom is 0.367 e. The first kappa shape index (κ1) is 20.7. The van der Waals surface area contributed by atoms with Crippen LogP contribution in [0.2, 0.25) is 0 Å². The molecule has 10 heteroatoms. The zero-order chi connectivity index (χ0) is 21.6. The number of aromatic nitrogens is 4. The van der Waals surface area contributed by atoms with E-state index in [1.54, 1.807) is 26.8 Å². The average molecular weight is 417 g/mol. The number of hydrogen-bond acceptors (Lipinski definition) is 6. The van der Waals surface area contributed by atoms with E-state index in [1.165, 1.54) is 12.1 Å².